The Balaban J connectivity index is 1.72. The van der Waals surface area contributed by atoms with E-state index in [9.17, 15) is 0 Å². The molecule has 1 aromatic carbocycles. The summed E-state index contributed by atoms with van der Waals surface area (Å²) in [6, 6.07) is 8.97. The molecule has 92 valence electrons. The van der Waals surface area contributed by atoms with Crippen LogP contribution in [0.5, 0.6) is 5.75 Å². The van der Waals surface area contributed by atoms with Crippen molar-refractivity contribution in [2.75, 3.05) is 6.61 Å². The Hall–Kier alpha value is -1.02. The minimum atomic E-state index is 0.454. The number of fused-ring (bicyclic) bond motifs is 1. The van der Waals surface area contributed by atoms with Gasteiger partial charge >= 0.3 is 0 Å². The Morgan fingerprint density at radius 3 is 2.88 bits per heavy atom. The molecule has 2 nitrogen and oxygen atoms in total. The second-order valence-corrected chi connectivity index (χ2v) is 5.55. The smallest absolute Gasteiger partial charge is 0.122 e. The van der Waals surface area contributed by atoms with Crippen LogP contribution in [0.1, 0.15) is 43.6 Å². The summed E-state index contributed by atoms with van der Waals surface area (Å²) < 4.78 is 5.71. The maximum Gasteiger partial charge on any atom is 0.122 e. The Morgan fingerprint density at radius 1 is 1.18 bits per heavy atom. The average Bonchev–Trinajstić information content (AvgIpc) is 2.75. The van der Waals surface area contributed by atoms with Crippen molar-refractivity contribution in [3.05, 3.63) is 29.8 Å². The molecule has 0 amide bonds. The minimum Gasteiger partial charge on any atom is -0.493 e. The summed E-state index contributed by atoms with van der Waals surface area (Å²) in [4.78, 5) is 0. The van der Waals surface area contributed by atoms with Gasteiger partial charge in [0.25, 0.3) is 0 Å². The molecule has 0 spiro atoms. The van der Waals surface area contributed by atoms with Gasteiger partial charge in [-0.15, -0.1) is 0 Å². The topological polar surface area (TPSA) is 35.2 Å². The number of ether oxygens (including phenoxy) is 1. The van der Waals surface area contributed by atoms with E-state index in [2.05, 4.69) is 24.3 Å². The van der Waals surface area contributed by atoms with Gasteiger partial charge in [0.1, 0.15) is 5.75 Å². The highest BCUT2D eigenvalue weighted by Gasteiger charge is 2.28. The fourth-order valence-corrected chi connectivity index (χ4v) is 3.39. The van der Waals surface area contributed by atoms with Gasteiger partial charge < -0.3 is 10.5 Å². The highest BCUT2D eigenvalue weighted by atomic mass is 16.5. The maximum atomic E-state index is 6.00. The summed E-state index contributed by atoms with van der Waals surface area (Å²) >= 11 is 0. The Labute approximate surface area is 103 Å². The molecule has 0 bridgehead atoms. The molecular weight excluding hydrogens is 210 g/mol. The molecule has 1 aromatic rings. The van der Waals surface area contributed by atoms with Gasteiger partial charge in [0, 0.05) is 6.04 Å². The third kappa shape index (κ3) is 2.32. The average molecular weight is 231 g/mol. The minimum absolute atomic E-state index is 0.454. The summed E-state index contributed by atoms with van der Waals surface area (Å²) in [6.45, 7) is 0.875. The lowest BCUT2D eigenvalue weighted by Crippen LogP contribution is -2.18. The largest absolute Gasteiger partial charge is 0.493 e. The van der Waals surface area contributed by atoms with Crippen LogP contribution in [0.2, 0.25) is 0 Å². The van der Waals surface area contributed by atoms with Crippen LogP contribution in [0, 0.1) is 5.92 Å². The molecule has 1 heterocycles. The fourth-order valence-electron chi connectivity index (χ4n) is 3.39. The molecule has 1 saturated carbocycles. The molecular formula is C15H21NO. The number of rotatable bonds is 2. The molecule has 2 aliphatic rings. The zero-order chi connectivity index (χ0) is 11.7. The van der Waals surface area contributed by atoms with Crippen LogP contribution in [-0.2, 0) is 0 Å². The van der Waals surface area contributed by atoms with E-state index in [0.717, 1.165) is 18.3 Å². The normalized spacial score (nSPS) is 31.9. The summed E-state index contributed by atoms with van der Waals surface area (Å²) in [5, 5.41) is 0. The molecule has 17 heavy (non-hydrogen) atoms. The molecule has 1 fully saturated rings. The zero-order valence-corrected chi connectivity index (χ0v) is 10.3. The van der Waals surface area contributed by atoms with Gasteiger partial charge in [0.2, 0.25) is 0 Å². The van der Waals surface area contributed by atoms with Crippen molar-refractivity contribution in [1.82, 2.24) is 0 Å². The zero-order valence-electron chi connectivity index (χ0n) is 10.3. The second-order valence-electron chi connectivity index (χ2n) is 5.55. The highest BCUT2D eigenvalue weighted by molar-refractivity contribution is 5.37. The van der Waals surface area contributed by atoms with Crippen LogP contribution in [0.25, 0.3) is 0 Å². The number of hydrogen-bond acceptors (Lipinski definition) is 2. The van der Waals surface area contributed by atoms with E-state index in [0.29, 0.717) is 12.0 Å². The SMILES string of the molecule is NC1CCC(CC2CCOc3ccccc32)C1. The first-order valence-electron chi connectivity index (χ1n) is 6.80. The first-order chi connectivity index (χ1) is 8.33. The number of nitrogens with two attached hydrogens (primary N) is 1. The monoisotopic (exact) mass is 231 g/mol. The molecule has 2 heteroatoms. The number of para-hydroxylation sites is 1. The van der Waals surface area contributed by atoms with Crippen LogP contribution in [0.3, 0.4) is 0 Å². The third-order valence-electron chi connectivity index (χ3n) is 4.28. The Morgan fingerprint density at radius 2 is 2.06 bits per heavy atom. The summed E-state index contributed by atoms with van der Waals surface area (Å²) in [7, 11) is 0. The third-order valence-corrected chi connectivity index (χ3v) is 4.28. The molecule has 0 radical (unpaired) electrons. The van der Waals surface area contributed by atoms with E-state index < -0.39 is 0 Å². The molecule has 0 aromatic heterocycles. The first kappa shape index (κ1) is 11.1. The second kappa shape index (κ2) is 4.69. The van der Waals surface area contributed by atoms with Crippen LogP contribution in [0.15, 0.2) is 24.3 Å². The summed E-state index contributed by atoms with van der Waals surface area (Å²) in [5.41, 5.74) is 7.42. The van der Waals surface area contributed by atoms with Crippen LogP contribution in [0.4, 0.5) is 0 Å². The van der Waals surface area contributed by atoms with Crippen molar-refractivity contribution >= 4 is 0 Å². The molecule has 3 atom stereocenters. The maximum absolute atomic E-state index is 6.00. The van der Waals surface area contributed by atoms with Crippen LogP contribution in [-0.4, -0.2) is 12.6 Å². The number of hydrogen-bond donors (Lipinski definition) is 1. The molecule has 3 rings (SSSR count). The first-order valence-corrected chi connectivity index (χ1v) is 6.80. The molecule has 0 saturated heterocycles. The van der Waals surface area contributed by atoms with E-state index in [-0.39, 0.29) is 0 Å². The van der Waals surface area contributed by atoms with Crippen LogP contribution >= 0.6 is 0 Å². The lowest BCUT2D eigenvalue weighted by molar-refractivity contribution is 0.252. The highest BCUT2D eigenvalue weighted by Crippen LogP contribution is 2.40. The van der Waals surface area contributed by atoms with Gasteiger partial charge in [-0.2, -0.15) is 0 Å². The quantitative estimate of drug-likeness (QED) is 0.849. The van der Waals surface area contributed by atoms with Gasteiger partial charge in [-0.3, -0.25) is 0 Å². The molecule has 3 unspecified atom stereocenters. The van der Waals surface area contributed by atoms with Crippen molar-refractivity contribution < 1.29 is 4.74 Å². The van der Waals surface area contributed by atoms with Crippen LogP contribution < -0.4 is 10.5 Å². The van der Waals surface area contributed by atoms with E-state index in [1.165, 1.54) is 37.7 Å². The van der Waals surface area contributed by atoms with Crippen molar-refractivity contribution in [3.63, 3.8) is 0 Å². The van der Waals surface area contributed by atoms with Gasteiger partial charge in [-0.05, 0) is 55.6 Å². The molecule has 1 aliphatic heterocycles. The Kier molecular flexibility index (Phi) is 3.06. The van der Waals surface area contributed by atoms with Gasteiger partial charge in [-0.1, -0.05) is 18.2 Å². The lowest BCUT2D eigenvalue weighted by atomic mass is 9.84. The van der Waals surface area contributed by atoms with E-state index >= 15 is 0 Å². The predicted octanol–water partition coefficient (Wildman–Crippen LogP) is 3.07. The van der Waals surface area contributed by atoms with Gasteiger partial charge in [0.15, 0.2) is 0 Å². The summed E-state index contributed by atoms with van der Waals surface area (Å²) in [5.74, 6) is 2.63. The van der Waals surface area contributed by atoms with Gasteiger partial charge in [0.05, 0.1) is 6.61 Å². The number of benzene rings is 1. The van der Waals surface area contributed by atoms with Crippen molar-refractivity contribution in [2.24, 2.45) is 11.7 Å². The summed E-state index contributed by atoms with van der Waals surface area (Å²) in [6.07, 6.45) is 6.23. The van der Waals surface area contributed by atoms with E-state index in [4.69, 9.17) is 10.5 Å². The Bertz CT molecular complexity index is 390. The van der Waals surface area contributed by atoms with Crippen molar-refractivity contribution in [2.45, 2.75) is 44.1 Å². The standard InChI is InChI=1S/C15H21NO/c16-13-6-5-11(10-13)9-12-7-8-17-15-4-2-1-3-14(12)15/h1-4,11-13H,5-10,16H2. The lowest BCUT2D eigenvalue weighted by Gasteiger charge is -2.27. The fraction of sp³-hybridized carbons (Fsp3) is 0.600. The predicted molar refractivity (Wildman–Crippen MR) is 69.2 cm³/mol. The van der Waals surface area contributed by atoms with E-state index in [1.54, 1.807) is 0 Å². The van der Waals surface area contributed by atoms with Crippen molar-refractivity contribution in [3.8, 4) is 5.75 Å². The van der Waals surface area contributed by atoms with Gasteiger partial charge in [-0.25, -0.2) is 0 Å². The molecule has 2 N–H and O–H groups in total. The van der Waals surface area contributed by atoms with E-state index in [1.807, 2.05) is 0 Å². The van der Waals surface area contributed by atoms with Crippen molar-refractivity contribution in [1.29, 1.82) is 0 Å². The molecule has 1 aliphatic carbocycles.